The number of piperazine rings is 1. The van der Waals surface area contributed by atoms with E-state index in [4.69, 9.17) is 0 Å². The van der Waals surface area contributed by atoms with Crippen LogP contribution in [0.2, 0.25) is 0 Å². The molecule has 1 aliphatic carbocycles. The second-order valence-corrected chi connectivity index (χ2v) is 9.15. The molecule has 16 heteroatoms. The van der Waals surface area contributed by atoms with Gasteiger partial charge in [-0.2, -0.15) is 31.4 Å². The Labute approximate surface area is 212 Å². The lowest BCUT2D eigenvalue weighted by molar-refractivity contribution is -0.139. The molecule has 2 aromatic rings. The lowest BCUT2D eigenvalue weighted by Crippen LogP contribution is -2.54. The van der Waals surface area contributed by atoms with Gasteiger partial charge >= 0.3 is 12.4 Å². The molecule has 2 atom stereocenters. The van der Waals surface area contributed by atoms with Crippen LogP contribution < -0.4 is 21.1 Å². The van der Waals surface area contributed by atoms with Crippen molar-refractivity contribution < 1.29 is 31.1 Å². The normalized spacial score (nSPS) is 20.9. The molecule has 38 heavy (non-hydrogen) atoms. The Balaban J connectivity index is 1.29. The molecular formula is C22H26F6N8O2. The van der Waals surface area contributed by atoms with Crippen LogP contribution in [0, 0.1) is 0 Å². The van der Waals surface area contributed by atoms with Gasteiger partial charge in [0.1, 0.15) is 11.4 Å². The van der Waals surface area contributed by atoms with Crippen LogP contribution in [0.25, 0.3) is 0 Å². The number of carbonyl (C=O) groups is 1. The van der Waals surface area contributed by atoms with Crippen molar-refractivity contribution in [3.05, 3.63) is 39.9 Å². The molecule has 2 aliphatic rings. The summed E-state index contributed by atoms with van der Waals surface area (Å²) in [5.41, 5.74) is -3.60. The molecule has 2 aromatic heterocycles. The number of rotatable bonds is 6. The van der Waals surface area contributed by atoms with Crippen molar-refractivity contribution in [1.29, 1.82) is 0 Å². The number of hydrogen-bond donors (Lipinski definition) is 3. The van der Waals surface area contributed by atoms with Crippen molar-refractivity contribution in [2.75, 3.05) is 42.9 Å². The van der Waals surface area contributed by atoms with Crippen LogP contribution in [-0.4, -0.2) is 75.8 Å². The average Bonchev–Trinajstić information content (AvgIpc) is 2.88. The molecule has 0 aromatic carbocycles. The van der Waals surface area contributed by atoms with E-state index in [9.17, 15) is 35.9 Å². The molecule has 1 amide bonds. The standard InChI is InChI=1S/C22H26F6N8O2/c23-21(24,25)13-10-30-20(31-11-13)36-7-5-35(6-8-36)18(37)12-29-15-3-1-2-4-16(15)32-17-9-14(22(26,27)28)19(38)34-33-17/h9-11,15-16,29H,1-8,12H2,(H,32,33)(H,34,38)/t15-,16-/m1/s1. The maximum absolute atomic E-state index is 13.1. The first-order chi connectivity index (χ1) is 17.9. The quantitative estimate of drug-likeness (QED) is 0.471. The molecule has 0 radical (unpaired) electrons. The summed E-state index contributed by atoms with van der Waals surface area (Å²) in [5, 5.41) is 11.7. The minimum absolute atomic E-state index is 0.00643. The zero-order valence-electron chi connectivity index (χ0n) is 20.1. The highest BCUT2D eigenvalue weighted by Gasteiger charge is 2.35. The summed E-state index contributed by atoms with van der Waals surface area (Å²) in [4.78, 5) is 35.2. The molecule has 2 fully saturated rings. The number of anilines is 2. The SMILES string of the molecule is O=C(CN[C@@H]1CCCC[C@H]1Nc1cc(C(F)(F)F)c(=O)[nH]n1)N1CCN(c2ncc(C(F)(F)F)cn2)CC1. The number of amides is 1. The van der Waals surface area contributed by atoms with Gasteiger partial charge in [0.25, 0.3) is 5.56 Å². The van der Waals surface area contributed by atoms with Gasteiger partial charge in [0, 0.05) is 56.7 Å². The molecule has 0 unspecified atom stereocenters. The summed E-state index contributed by atoms with van der Waals surface area (Å²) >= 11 is 0. The maximum atomic E-state index is 13.1. The molecular weight excluding hydrogens is 522 g/mol. The molecule has 208 valence electrons. The number of aromatic amines is 1. The van der Waals surface area contributed by atoms with E-state index in [1.165, 1.54) is 0 Å². The number of H-pyrrole nitrogens is 1. The largest absolute Gasteiger partial charge is 0.421 e. The first-order valence-corrected chi connectivity index (χ1v) is 12.0. The smallest absolute Gasteiger partial charge is 0.364 e. The van der Waals surface area contributed by atoms with E-state index in [0.717, 1.165) is 25.2 Å². The molecule has 1 saturated heterocycles. The molecule has 3 heterocycles. The zero-order valence-corrected chi connectivity index (χ0v) is 20.1. The first kappa shape index (κ1) is 27.6. The number of nitrogens with one attached hydrogen (secondary N) is 3. The Bertz CT molecular complexity index is 1160. The van der Waals surface area contributed by atoms with Crippen LogP contribution in [0.5, 0.6) is 0 Å². The Kier molecular flexibility index (Phi) is 8.08. The van der Waals surface area contributed by atoms with E-state index in [1.807, 2.05) is 5.10 Å². The highest BCUT2D eigenvalue weighted by atomic mass is 19.4. The van der Waals surface area contributed by atoms with Gasteiger partial charge in [-0.25, -0.2) is 15.1 Å². The van der Waals surface area contributed by atoms with Gasteiger partial charge in [-0.15, -0.1) is 0 Å². The number of alkyl halides is 6. The van der Waals surface area contributed by atoms with Gasteiger partial charge < -0.3 is 20.4 Å². The lowest BCUT2D eigenvalue weighted by Gasteiger charge is -2.36. The number of aromatic nitrogens is 4. The lowest BCUT2D eigenvalue weighted by atomic mass is 9.90. The van der Waals surface area contributed by atoms with Gasteiger partial charge in [0.05, 0.1) is 12.1 Å². The summed E-state index contributed by atoms with van der Waals surface area (Å²) in [6, 6.07) is 0.164. The van der Waals surface area contributed by atoms with Crippen molar-refractivity contribution in [1.82, 2.24) is 30.4 Å². The fourth-order valence-electron chi connectivity index (χ4n) is 4.55. The van der Waals surface area contributed by atoms with Crippen molar-refractivity contribution in [3.63, 3.8) is 0 Å². The topological polar surface area (TPSA) is 119 Å². The molecule has 0 bridgehead atoms. The molecule has 4 rings (SSSR count). The van der Waals surface area contributed by atoms with Crippen LogP contribution >= 0.6 is 0 Å². The fraction of sp³-hybridized carbons (Fsp3) is 0.591. The third kappa shape index (κ3) is 6.71. The number of nitrogens with zero attached hydrogens (tertiary/aromatic N) is 5. The molecule has 3 N–H and O–H groups in total. The van der Waals surface area contributed by atoms with E-state index in [0.29, 0.717) is 45.1 Å². The summed E-state index contributed by atoms with van der Waals surface area (Å²) < 4.78 is 77.3. The Morgan fingerprint density at radius 2 is 1.61 bits per heavy atom. The molecule has 1 saturated carbocycles. The highest BCUT2D eigenvalue weighted by molar-refractivity contribution is 5.78. The predicted octanol–water partition coefficient (Wildman–Crippen LogP) is 2.26. The predicted molar refractivity (Wildman–Crippen MR) is 123 cm³/mol. The summed E-state index contributed by atoms with van der Waals surface area (Å²) in [5.74, 6) is -0.128. The Morgan fingerprint density at radius 1 is 0.974 bits per heavy atom. The van der Waals surface area contributed by atoms with E-state index < -0.39 is 29.0 Å². The van der Waals surface area contributed by atoms with Gasteiger partial charge in [-0.05, 0) is 12.8 Å². The van der Waals surface area contributed by atoms with Gasteiger partial charge in [0.2, 0.25) is 11.9 Å². The second kappa shape index (κ2) is 11.1. The summed E-state index contributed by atoms with van der Waals surface area (Å²) in [6.45, 7) is 1.37. The van der Waals surface area contributed by atoms with E-state index in [-0.39, 0.29) is 36.3 Å². The fourth-order valence-corrected chi connectivity index (χ4v) is 4.55. The Hall–Kier alpha value is -3.43. The molecule has 1 aliphatic heterocycles. The minimum atomic E-state index is -4.81. The maximum Gasteiger partial charge on any atom is 0.421 e. The van der Waals surface area contributed by atoms with Gasteiger partial charge in [-0.3, -0.25) is 9.59 Å². The van der Waals surface area contributed by atoms with Crippen molar-refractivity contribution in [2.45, 2.75) is 50.1 Å². The van der Waals surface area contributed by atoms with Gasteiger partial charge in [-0.1, -0.05) is 12.8 Å². The third-order valence-corrected chi connectivity index (χ3v) is 6.60. The number of hydrogen-bond acceptors (Lipinski definition) is 8. The van der Waals surface area contributed by atoms with Crippen molar-refractivity contribution in [3.8, 4) is 0 Å². The monoisotopic (exact) mass is 548 g/mol. The molecule has 0 spiro atoms. The third-order valence-electron chi connectivity index (χ3n) is 6.60. The average molecular weight is 548 g/mol. The zero-order chi connectivity index (χ0) is 27.5. The van der Waals surface area contributed by atoms with Crippen LogP contribution in [0.1, 0.15) is 36.8 Å². The first-order valence-electron chi connectivity index (χ1n) is 12.0. The van der Waals surface area contributed by atoms with Crippen LogP contribution in [0.15, 0.2) is 23.3 Å². The second-order valence-electron chi connectivity index (χ2n) is 9.15. The number of carbonyl (C=O) groups excluding carboxylic acids is 1. The Morgan fingerprint density at radius 3 is 2.21 bits per heavy atom. The van der Waals surface area contributed by atoms with Crippen molar-refractivity contribution in [2.24, 2.45) is 0 Å². The van der Waals surface area contributed by atoms with Crippen LogP contribution in [0.4, 0.5) is 38.1 Å². The molecule has 10 nitrogen and oxygen atoms in total. The van der Waals surface area contributed by atoms with E-state index in [1.54, 1.807) is 9.80 Å². The number of halogens is 6. The van der Waals surface area contributed by atoms with E-state index in [2.05, 4.69) is 25.7 Å². The van der Waals surface area contributed by atoms with Crippen LogP contribution in [0.3, 0.4) is 0 Å². The minimum Gasteiger partial charge on any atom is -0.364 e. The van der Waals surface area contributed by atoms with Crippen molar-refractivity contribution >= 4 is 17.7 Å². The van der Waals surface area contributed by atoms with E-state index >= 15 is 0 Å². The highest BCUT2D eigenvalue weighted by Crippen LogP contribution is 2.29. The van der Waals surface area contributed by atoms with Gasteiger partial charge in [0.15, 0.2) is 0 Å². The summed E-state index contributed by atoms with van der Waals surface area (Å²) in [6.07, 6.45) is -4.83. The summed E-state index contributed by atoms with van der Waals surface area (Å²) in [7, 11) is 0. The van der Waals surface area contributed by atoms with Crippen LogP contribution in [-0.2, 0) is 17.1 Å².